The van der Waals surface area contributed by atoms with Crippen molar-refractivity contribution < 1.29 is 19.4 Å². The second-order valence-corrected chi connectivity index (χ2v) is 8.77. The van der Waals surface area contributed by atoms with E-state index in [-0.39, 0.29) is 17.4 Å². The van der Waals surface area contributed by atoms with Gasteiger partial charge in [-0.1, -0.05) is 0 Å². The van der Waals surface area contributed by atoms with Gasteiger partial charge in [0.1, 0.15) is 11.3 Å². The number of carbonyl (C=O) groups excluding carboxylic acids is 1. The van der Waals surface area contributed by atoms with Crippen LogP contribution in [0.5, 0.6) is 5.75 Å². The molecule has 0 bridgehead atoms. The minimum atomic E-state index is -1.22. The van der Waals surface area contributed by atoms with Gasteiger partial charge >= 0.3 is 5.97 Å². The maximum atomic E-state index is 12.8. The number of ketones is 1. The van der Waals surface area contributed by atoms with E-state index >= 15 is 0 Å². The lowest BCUT2D eigenvalue weighted by atomic mass is 9.97. The number of methoxy groups -OCH3 is 1. The smallest absolute Gasteiger partial charge is 0.341 e. The summed E-state index contributed by atoms with van der Waals surface area (Å²) in [7, 11) is 1.57. The van der Waals surface area contributed by atoms with Crippen LogP contribution in [0, 0.1) is 0 Å². The summed E-state index contributed by atoms with van der Waals surface area (Å²) in [5, 5.41) is 9.81. The van der Waals surface area contributed by atoms with Gasteiger partial charge in [0.2, 0.25) is 5.43 Å². The molecule has 1 N–H and O–H groups in total. The van der Waals surface area contributed by atoms with E-state index in [2.05, 4.69) is 0 Å². The zero-order valence-corrected chi connectivity index (χ0v) is 16.7. The molecule has 148 valence electrons. The van der Waals surface area contributed by atoms with Crippen molar-refractivity contribution in [1.82, 2.24) is 4.57 Å². The third-order valence-corrected chi connectivity index (χ3v) is 6.97. The first-order valence-electron chi connectivity index (χ1n) is 9.60. The first-order chi connectivity index (χ1) is 14.0. The van der Waals surface area contributed by atoms with Gasteiger partial charge in [-0.05, 0) is 43.0 Å². The Morgan fingerprint density at radius 1 is 1.24 bits per heavy atom. The number of carbonyl (C=O) groups is 2. The summed E-state index contributed by atoms with van der Waals surface area (Å²) in [5.74, 6) is -0.380. The highest BCUT2D eigenvalue weighted by atomic mass is 32.1. The van der Waals surface area contributed by atoms with Crippen molar-refractivity contribution in [2.75, 3.05) is 7.11 Å². The molecule has 5 rings (SSSR count). The third-order valence-electron chi connectivity index (χ3n) is 5.70. The van der Waals surface area contributed by atoms with Gasteiger partial charge in [-0.15, -0.1) is 11.3 Å². The fraction of sp³-hybridized carbons (Fsp3) is 0.318. The maximum absolute atomic E-state index is 12.8. The van der Waals surface area contributed by atoms with Crippen LogP contribution in [0.25, 0.3) is 21.3 Å². The number of thiophene rings is 1. The van der Waals surface area contributed by atoms with Gasteiger partial charge in [0.15, 0.2) is 5.75 Å². The molecule has 3 aromatic rings. The molecule has 6 nitrogen and oxygen atoms in total. The van der Waals surface area contributed by atoms with Crippen LogP contribution >= 0.6 is 11.3 Å². The average molecular weight is 409 g/mol. The Hall–Kier alpha value is -2.93. The van der Waals surface area contributed by atoms with Crippen LogP contribution in [0.4, 0.5) is 0 Å². The van der Waals surface area contributed by atoms with Crippen LogP contribution in [0.1, 0.15) is 46.1 Å². The Morgan fingerprint density at radius 2 is 2.03 bits per heavy atom. The Morgan fingerprint density at radius 3 is 2.72 bits per heavy atom. The number of rotatable bonds is 4. The van der Waals surface area contributed by atoms with Crippen LogP contribution in [0.15, 0.2) is 29.2 Å². The Kier molecular flexibility index (Phi) is 4.10. The number of ether oxygens (including phenoxy) is 1. The van der Waals surface area contributed by atoms with Crippen molar-refractivity contribution >= 4 is 34.0 Å². The number of aromatic nitrogens is 1. The first-order valence-corrected chi connectivity index (χ1v) is 10.4. The summed E-state index contributed by atoms with van der Waals surface area (Å²) in [6.07, 6.45) is 5.16. The molecule has 1 saturated carbocycles. The molecule has 7 heteroatoms. The van der Waals surface area contributed by atoms with Gasteiger partial charge in [-0.2, -0.15) is 0 Å². The lowest BCUT2D eigenvalue weighted by molar-refractivity contribution is -0.118. The molecule has 0 saturated heterocycles. The number of aryl methyl sites for hydroxylation is 1. The minimum Gasteiger partial charge on any atom is -0.494 e. The topological polar surface area (TPSA) is 85.6 Å². The number of hydrogen-bond acceptors (Lipinski definition) is 5. The molecule has 1 aromatic carbocycles. The molecule has 2 aliphatic rings. The highest BCUT2D eigenvalue weighted by Crippen LogP contribution is 2.45. The summed E-state index contributed by atoms with van der Waals surface area (Å²) in [6.45, 7) is 0. The van der Waals surface area contributed by atoms with E-state index in [1.807, 2.05) is 16.7 Å². The van der Waals surface area contributed by atoms with Crippen molar-refractivity contribution in [2.45, 2.75) is 38.1 Å². The van der Waals surface area contributed by atoms with Crippen molar-refractivity contribution in [3.63, 3.8) is 0 Å². The second kappa shape index (κ2) is 6.56. The van der Waals surface area contributed by atoms with Gasteiger partial charge in [-0.25, -0.2) is 4.79 Å². The lowest BCUT2D eigenvalue weighted by Crippen LogP contribution is -2.19. The molecule has 0 amide bonds. The van der Waals surface area contributed by atoms with E-state index in [9.17, 15) is 19.5 Å². The number of carboxylic acids is 1. The molecule has 0 aliphatic heterocycles. The number of Topliss-reactive ketones (excluding diaryl/α,β-unsaturated/α-hetero) is 1. The number of fused-ring (bicyclic) bond motifs is 2. The molecule has 1 fully saturated rings. The molecule has 0 spiro atoms. The number of aromatic carboxylic acids is 1. The summed E-state index contributed by atoms with van der Waals surface area (Å²) in [4.78, 5) is 38.4. The minimum absolute atomic E-state index is 0.175. The number of hydrogen-bond donors (Lipinski definition) is 1. The van der Waals surface area contributed by atoms with E-state index in [4.69, 9.17) is 4.74 Å². The van der Waals surface area contributed by atoms with Crippen LogP contribution in [0.2, 0.25) is 0 Å². The van der Waals surface area contributed by atoms with E-state index in [0.717, 1.165) is 35.3 Å². The number of benzene rings is 1. The monoisotopic (exact) mass is 409 g/mol. The Bertz CT molecular complexity index is 1250. The van der Waals surface area contributed by atoms with Gasteiger partial charge < -0.3 is 14.4 Å². The summed E-state index contributed by atoms with van der Waals surface area (Å²) < 4.78 is 7.66. The predicted octanol–water partition coefficient (Wildman–Crippen LogP) is 3.83. The molecular formula is C22H19NO5S. The number of carboxylic acid groups (broad SMARTS) is 1. The standard InChI is InChI=1S/C22H19NO5S/c1-28-21-14(18-9-11-8-13(24)4-7-17(11)29-18)5-6-15-19(21)23(12-2-3-12)10-16(20(15)25)22(26)27/h5-6,9-10,12H,2-4,7-8H2,1H3,(H,26,27). The normalized spacial score (nSPS) is 16.1. The number of nitrogens with zero attached hydrogens (tertiary/aromatic N) is 1. The molecular weight excluding hydrogens is 390 g/mol. The highest BCUT2D eigenvalue weighted by Gasteiger charge is 2.29. The largest absolute Gasteiger partial charge is 0.494 e. The van der Waals surface area contributed by atoms with Crippen LogP contribution in [-0.4, -0.2) is 28.5 Å². The van der Waals surface area contributed by atoms with Crippen molar-refractivity contribution in [1.29, 1.82) is 0 Å². The van der Waals surface area contributed by atoms with Crippen molar-refractivity contribution in [3.8, 4) is 16.2 Å². The molecule has 2 heterocycles. The SMILES string of the molecule is COc1c(-c2cc3c(s2)CCC(=O)C3)ccc2c(=O)c(C(=O)O)cn(C3CC3)c12. The Labute approximate surface area is 170 Å². The molecule has 29 heavy (non-hydrogen) atoms. The quantitative estimate of drug-likeness (QED) is 0.708. The second-order valence-electron chi connectivity index (χ2n) is 7.63. The average Bonchev–Trinajstić information content (AvgIpc) is 3.46. The van der Waals surface area contributed by atoms with Gasteiger partial charge in [-0.3, -0.25) is 9.59 Å². The maximum Gasteiger partial charge on any atom is 0.341 e. The van der Waals surface area contributed by atoms with E-state index < -0.39 is 11.4 Å². The predicted molar refractivity (Wildman–Crippen MR) is 110 cm³/mol. The van der Waals surface area contributed by atoms with Gasteiger partial charge in [0.25, 0.3) is 0 Å². The van der Waals surface area contributed by atoms with Crippen LogP contribution < -0.4 is 10.2 Å². The summed E-state index contributed by atoms with van der Waals surface area (Å²) >= 11 is 1.66. The molecule has 2 aromatic heterocycles. The van der Waals surface area contributed by atoms with Crippen molar-refractivity contribution in [3.05, 3.63) is 50.6 Å². The van der Waals surface area contributed by atoms with E-state index in [0.29, 0.717) is 29.5 Å². The molecule has 2 aliphatic carbocycles. The fourth-order valence-electron chi connectivity index (χ4n) is 4.13. The zero-order chi connectivity index (χ0) is 20.3. The van der Waals surface area contributed by atoms with E-state index in [1.165, 1.54) is 11.1 Å². The number of pyridine rings is 1. The zero-order valence-electron chi connectivity index (χ0n) is 15.9. The fourth-order valence-corrected chi connectivity index (χ4v) is 5.33. The van der Waals surface area contributed by atoms with Gasteiger partial charge in [0, 0.05) is 40.4 Å². The van der Waals surface area contributed by atoms with Crippen LogP contribution in [-0.2, 0) is 17.6 Å². The molecule has 0 atom stereocenters. The first kappa shape index (κ1) is 18.1. The third kappa shape index (κ3) is 2.88. The van der Waals surface area contributed by atoms with Gasteiger partial charge in [0.05, 0.1) is 18.0 Å². The summed E-state index contributed by atoms with van der Waals surface area (Å²) in [6, 6.07) is 5.75. The lowest BCUT2D eigenvalue weighted by Gasteiger charge is -2.17. The van der Waals surface area contributed by atoms with Crippen molar-refractivity contribution in [2.24, 2.45) is 0 Å². The van der Waals surface area contributed by atoms with Crippen LogP contribution in [0.3, 0.4) is 0 Å². The summed E-state index contributed by atoms with van der Waals surface area (Å²) in [5.41, 5.74) is 1.87. The van der Waals surface area contributed by atoms with E-state index in [1.54, 1.807) is 24.5 Å². The molecule has 0 unspecified atom stereocenters. The molecule has 0 radical (unpaired) electrons. The Balaban J connectivity index is 1.78. The highest BCUT2D eigenvalue weighted by molar-refractivity contribution is 7.15.